The average Bonchev–Trinajstić information content (AvgIpc) is 3.71. The molecule has 3 N–H and O–H groups in total. The SMILES string of the molecule is Cc1ccc(S(=O)(=O)NC(Cc2ccccc2)C(=O)NCc2ccccc2-c2ccc(C3OC(CSc4nc5ccccc5s4)C(C)C(c4ccc(CO)cc4)O3)cc2)cc1. The van der Waals surface area contributed by atoms with Gasteiger partial charge in [-0.2, -0.15) is 4.72 Å². The number of nitrogens with zero attached hydrogens (tertiary/aromatic N) is 1. The highest BCUT2D eigenvalue weighted by molar-refractivity contribution is 8.01. The number of amides is 1. The van der Waals surface area contributed by atoms with Gasteiger partial charge in [-0.3, -0.25) is 4.79 Å². The predicted octanol–water partition coefficient (Wildman–Crippen LogP) is 9.55. The Morgan fingerprint density at radius 2 is 1.49 bits per heavy atom. The molecule has 1 aromatic heterocycles. The lowest BCUT2D eigenvalue weighted by molar-refractivity contribution is -0.268. The van der Waals surface area contributed by atoms with E-state index in [1.807, 2.05) is 128 Å². The Labute approximate surface area is 365 Å². The van der Waals surface area contributed by atoms with E-state index >= 15 is 0 Å². The molecule has 0 spiro atoms. The molecule has 1 amide bonds. The molecule has 1 fully saturated rings. The van der Waals surface area contributed by atoms with E-state index in [2.05, 4.69) is 23.0 Å². The third kappa shape index (κ3) is 10.3. The van der Waals surface area contributed by atoms with Crippen molar-refractivity contribution in [2.75, 3.05) is 5.75 Å². The molecular formula is C49H47N3O6S3. The van der Waals surface area contributed by atoms with Crippen LogP contribution >= 0.6 is 23.1 Å². The minimum atomic E-state index is -3.98. The van der Waals surface area contributed by atoms with Gasteiger partial charge in [0.1, 0.15) is 6.04 Å². The second-order valence-corrected chi connectivity index (χ2v) is 19.3. The first-order valence-corrected chi connectivity index (χ1v) is 23.5. The monoisotopic (exact) mass is 869 g/mol. The molecule has 5 unspecified atom stereocenters. The standard InChI is InChI=1S/C49H47N3O6S3/c1-32-16-26-40(27-17-32)61(55,56)52-43(28-34-10-4-3-5-11-34)47(54)50-29-39-12-6-7-13-41(39)36-22-24-38(25-23-36)48-57-44(31-59-49-51-42-14-8-9-15-45(42)60-49)33(2)46(58-48)37-20-18-35(30-53)19-21-37/h3-27,33,43-44,46,48,52-53H,28-31H2,1-2H3,(H,50,54). The van der Waals surface area contributed by atoms with Crippen molar-refractivity contribution < 1.29 is 27.8 Å². The number of aryl methyl sites for hydroxylation is 1. The van der Waals surface area contributed by atoms with Gasteiger partial charge in [0, 0.05) is 23.8 Å². The van der Waals surface area contributed by atoms with Crippen LogP contribution in [-0.4, -0.2) is 42.3 Å². The summed E-state index contributed by atoms with van der Waals surface area (Å²) in [4.78, 5) is 18.8. The topological polar surface area (TPSA) is 127 Å². The maximum absolute atomic E-state index is 13.8. The number of hydrogen-bond acceptors (Lipinski definition) is 9. The Balaban J connectivity index is 0.991. The van der Waals surface area contributed by atoms with Crippen molar-refractivity contribution in [3.8, 4) is 11.1 Å². The van der Waals surface area contributed by atoms with E-state index < -0.39 is 28.3 Å². The number of carbonyl (C=O) groups excluding carboxylic acids is 1. The van der Waals surface area contributed by atoms with Crippen molar-refractivity contribution >= 4 is 49.2 Å². The van der Waals surface area contributed by atoms with E-state index in [0.717, 1.165) is 59.1 Å². The molecule has 1 aliphatic heterocycles. The lowest BCUT2D eigenvalue weighted by Gasteiger charge is -2.41. The summed E-state index contributed by atoms with van der Waals surface area (Å²) in [6.45, 7) is 4.21. The molecule has 0 radical (unpaired) electrons. The second-order valence-electron chi connectivity index (χ2n) is 15.3. The van der Waals surface area contributed by atoms with Gasteiger partial charge in [-0.25, -0.2) is 13.4 Å². The number of aromatic nitrogens is 1. The zero-order chi connectivity index (χ0) is 42.3. The summed E-state index contributed by atoms with van der Waals surface area (Å²) in [5.41, 5.74) is 8.25. The number of aliphatic hydroxyl groups excluding tert-OH is 1. The summed E-state index contributed by atoms with van der Waals surface area (Å²) in [6, 6.07) is 46.9. The smallest absolute Gasteiger partial charge is 0.241 e. The van der Waals surface area contributed by atoms with E-state index in [1.54, 1.807) is 47.4 Å². The summed E-state index contributed by atoms with van der Waals surface area (Å²) in [6.07, 6.45) is -0.840. The molecule has 1 aliphatic rings. The van der Waals surface area contributed by atoms with Crippen LogP contribution in [0, 0.1) is 12.8 Å². The largest absolute Gasteiger partial charge is 0.392 e. The molecule has 2 heterocycles. The van der Waals surface area contributed by atoms with Crippen LogP contribution < -0.4 is 10.0 Å². The quantitative estimate of drug-likeness (QED) is 0.0871. The molecule has 1 saturated heterocycles. The maximum atomic E-state index is 13.8. The van der Waals surface area contributed by atoms with Crippen molar-refractivity contribution in [3.63, 3.8) is 0 Å². The number of thiazole rings is 1. The number of aliphatic hydroxyl groups is 1. The molecule has 7 aromatic rings. The number of thioether (sulfide) groups is 1. The van der Waals surface area contributed by atoms with Crippen molar-refractivity contribution in [1.82, 2.24) is 15.0 Å². The Kier molecular flexibility index (Phi) is 13.4. The Morgan fingerprint density at radius 1 is 0.803 bits per heavy atom. The van der Waals surface area contributed by atoms with Crippen LogP contribution in [0.2, 0.25) is 0 Å². The molecule has 0 aliphatic carbocycles. The molecule has 5 atom stereocenters. The van der Waals surface area contributed by atoms with E-state index in [-0.39, 0.29) is 42.6 Å². The zero-order valence-corrected chi connectivity index (χ0v) is 36.3. The number of nitrogens with one attached hydrogen (secondary N) is 2. The Bertz CT molecular complexity index is 2640. The van der Waals surface area contributed by atoms with Gasteiger partial charge in [0.25, 0.3) is 0 Å². The van der Waals surface area contributed by atoms with Gasteiger partial charge in [0.05, 0.1) is 33.9 Å². The number of para-hydroxylation sites is 1. The van der Waals surface area contributed by atoms with E-state index in [1.165, 1.54) is 0 Å². The molecule has 61 heavy (non-hydrogen) atoms. The van der Waals surface area contributed by atoms with Crippen LogP contribution in [0.1, 0.15) is 52.7 Å². The van der Waals surface area contributed by atoms with Crippen LogP contribution in [0.4, 0.5) is 0 Å². The van der Waals surface area contributed by atoms with Crippen LogP contribution in [-0.2, 0) is 43.9 Å². The number of rotatable bonds is 15. The highest BCUT2D eigenvalue weighted by atomic mass is 32.2. The summed E-state index contributed by atoms with van der Waals surface area (Å²) in [5, 5.41) is 12.7. The van der Waals surface area contributed by atoms with Crippen LogP contribution in [0.15, 0.2) is 161 Å². The third-order valence-corrected chi connectivity index (χ3v) is 14.7. The molecule has 8 rings (SSSR count). The summed E-state index contributed by atoms with van der Waals surface area (Å²) < 4.78 is 45.2. The van der Waals surface area contributed by atoms with Gasteiger partial charge >= 0.3 is 0 Å². The third-order valence-electron chi connectivity index (χ3n) is 11.0. The molecule has 312 valence electrons. The average molecular weight is 870 g/mol. The van der Waals surface area contributed by atoms with Crippen molar-refractivity contribution in [3.05, 3.63) is 185 Å². The Morgan fingerprint density at radius 3 is 2.23 bits per heavy atom. The van der Waals surface area contributed by atoms with Gasteiger partial charge in [-0.15, -0.1) is 11.3 Å². The minimum Gasteiger partial charge on any atom is -0.392 e. The number of hydrogen-bond donors (Lipinski definition) is 3. The lowest BCUT2D eigenvalue weighted by Crippen LogP contribution is -2.47. The van der Waals surface area contributed by atoms with Crippen LogP contribution in [0.5, 0.6) is 0 Å². The second kappa shape index (κ2) is 19.3. The van der Waals surface area contributed by atoms with Gasteiger partial charge in [0.15, 0.2) is 10.6 Å². The number of benzene rings is 6. The normalized spacial score (nSPS) is 18.5. The number of sulfonamides is 1. The number of carbonyl (C=O) groups is 1. The first-order chi connectivity index (χ1) is 29.6. The van der Waals surface area contributed by atoms with Crippen LogP contribution in [0.3, 0.4) is 0 Å². The molecule has 0 bridgehead atoms. The summed E-state index contributed by atoms with van der Waals surface area (Å²) >= 11 is 3.38. The van der Waals surface area contributed by atoms with Crippen molar-refractivity contribution in [1.29, 1.82) is 0 Å². The summed E-state index contributed by atoms with van der Waals surface area (Å²) in [7, 11) is -3.98. The molecule has 12 heteroatoms. The molecule has 9 nitrogen and oxygen atoms in total. The molecular weight excluding hydrogens is 823 g/mol. The van der Waals surface area contributed by atoms with E-state index in [4.69, 9.17) is 14.5 Å². The molecule has 6 aromatic carbocycles. The lowest BCUT2D eigenvalue weighted by atomic mass is 9.91. The fourth-order valence-corrected chi connectivity index (χ4v) is 10.9. The van der Waals surface area contributed by atoms with Crippen molar-refractivity contribution in [2.45, 2.75) is 67.2 Å². The first-order valence-electron chi connectivity index (χ1n) is 20.2. The maximum Gasteiger partial charge on any atom is 0.241 e. The highest BCUT2D eigenvalue weighted by Gasteiger charge is 2.38. The minimum absolute atomic E-state index is 0.0266. The number of ether oxygens (including phenoxy) is 2. The van der Waals surface area contributed by atoms with E-state index in [9.17, 15) is 18.3 Å². The van der Waals surface area contributed by atoms with Gasteiger partial charge in [0.2, 0.25) is 15.9 Å². The summed E-state index contributed by atoms with van der Waals surface area (Å²) in [5.74, 6) is 0.301. The fourth-order valence-electron chi connectivity index (χ4n) is 7.47. The fraction of sp³-hybridized carbons (Fsp3) is 0.224. The first kappa shape index (κ1) is 42.5. The van der Waals surface area contributed by atoms with E-state index in [0.29, 0.717) is 5.75 Å². The van der Waals surface area contributed by atoms with Gasteiger partial charge in [-0.1, -0.05) is 152 Å². The van der Waals surface area contributed by atoms with Crippen molar-refractivity contribution in [2.24, 2.45) is 5.92 Å². The van der Waals surface area contributed by atoms with Gasteiger partial charge in [-0.05, 0) is 71.0 Å². The number of fused-ring (bicyclic) bond motifs is 1. The highest BCUT2D eigenvalue weighted by Crippen LogP contribution is 2.44. The van der Waals surface area contributed by atoms with Gasteiger partial charge < -0.3 is 19.9 Å². The molecule has 0 saturated carbocycles. The van der Waals surface area contributed by atoms with Crippen LogP contribution in [0.25, 0.3) is 21.3 Å². The zero-order valence-electron chi connectivity index (χ0n) is 33.8. The predicted molar refractivity (Wildman–Crippen MR) is 242 cm³/mol. The Hall–Kier alpha value is -5.18.